The van der Waals surface area contributed by atoms with Crippen LogP contribution in [0, 0.1) is 5.92 Å². The lowest BCUT2D eigenvalue weighted by Gasteiger charge is -2.29. The molecule has 1 rings (SSSR count). The van der Waals surface area contributed by atoms with Crippen LogP contribution in [0.1, 0.15) is 52.4 Å². The largest absolute Gasteiger partial charge is 0.388 e. The maximum absolute atomic E-state index is 12.9. The standard InChI is InChI=1S/C13H23F2NO2/c1-3-6-12(2,18)9-16-11(17)10-4-7-13(14,15)8-5-10/h10,18H,3-9H2,1-2H3,(H,16,17). The minimum absolute atomic E-state index is 0.187. The lowest BCUT2D eigenvalue weighted by molar-refractivity contribution is -0.130. The van der Waals surface area contributed by atoms with Crippen LogP contribution in [0.5, 0.6) is 0 Å². The SMILES string of the molecule is CCCC(C)(O)CNC(=O)C1CCC(F)(F)CC1. The Bertz CT molecular complexity index is 283. The molecule has 0 aromatic rings. The Morgan fingerprint density at radius 1 is 1.44 bits per heavy atom. The van der Waals surface area contributed by atoms with Gasteiger partial charge in [-0.1, -0.05) is 13.3 Å². The number of hydrogen-bond acceptors (Lipinski definition) is 2. The van der Waals surface area contributed by atoms with Crippen molar-refractivity contribution >= 4 is 5.91 Å². The number of alkyl halides is 2. The van der Waals surface area contributed by atoms with Gasteiger partial charge in [0, 0.05) is 25.3 Å². The van der Waals surface area contributed by atoms with E-state index in [1.165, 1.54) is 0 Å². The molecular formula is C13H23F2NO2. The molecule has 1 saturated carbocycles. The number of rotatable bonds is 5. The summed E-state index contributed by atoms with van der Waals surface area (Å²) in [7, 11) is 0. The number of halogens is 2. The van der Waals surface area contributed by atoms with Gasteiger partial charge < -0.3 is 10.4 Å². The molecule has 0 aromatic heterocycles. The maximum Gasteiger partial charge on any atom is 0.248 e. The van der Waals surface area contributed by atoms with Crippen molar-refractivity contribution in [3.05, 3.63) is 0 Å². The molecule has 18 heavy (non-hydrogen) atoms. The zero-order valence-corrected chi connectivity index (χ0v) is 11.1. The molecule has 1 aliphatic carbocycles. The van der Waals surface area contributed by atoms with Crippen LogP contribution in [-0.2, 0) is 4.79 Å². The van der Waals surface area contributed by atoms with Gasteiger partial charge in [-0.25, -0.2) is 8.78 Å². The molecule has 106 valence electrons. The number of amides is 1. The summed E-state index contributed by atoms with van der Waals surface area (Å²) in [6.45, 7) is 3.82. The predicted molar refractivity (Wildman–Crippen MR) is 65.4 cm³/mol. The van der Waals surface area contributed by atoms with Gasteiger partial charge in [0.05, 0.1) is 5.60 Å². The molecule has 0 radical (unpaired) electrons. The van der Waals surface area contributed by atoms with Gasteiger partial charge in [0.25, 0.3) is 0 Å². The fourth-order valence-corrected chi connectivity index (χ4v) is 2.35. The van der Waals surface area contributed by atoms with Gasteiger partial charge in [-0.15, -0.1) is 0 Å². The maximum atomic E-state index is 12.9. The van der Waals surface area contributed by atoms with Crippen LogP contribution < -0.4 is 5.32 Å². The van der Waals surface area contributed by atoms with E-state index >= 15 is 0 Å². The van der Waals surface area contributed by atoms with Crippen molar-refractivity contribution < 1.29 is 18.7 Å². The van der Waals surface area contributed by atoms with Gasteiger partial charge in [0.1, 0.15) is 0 Å². The first-order valence-corrected chi connectivity index (χ1v) is 6.64. The molecule has 0 aliphatic heterocycles. The highest BCUT2D eigenvalue weighted by molar-refractivity contribution is 5.78. The summed E-state index contributed by atoms with van der Waals surface area (Å²) in [6, 6.07) is 0. The molecule has 1 unspecified atom stereocenters. The van der Waals surface area contributed by atoms with Crippen LogP contribution in [0.15, 0.2) is 0 Å². The first kappa shape index (κ1) is 15.3. The van der Waals surface area contributed by atoms with Gasteiger partial charge in [-0.05, 0) is 26.2 Å². The highest BCUT2D eigenvalue weighted by Crippen LogP contribution is 2.36. The van der Waals surface area contributed by atoms with E-state index in [-0.39, 0.29) is 44.1 Å². The van der Waals surface area contributed by atoms with Gasteiger partial charge in [0.2, 0.25) is 11.8 Å². The van der Waals surface area contributed by atoms with Gasteiger partial charge in [0.15, 0.2) is 0 Å². The van der Waals surface area contributed by atoms with Crippen molar-refractivity contribution in [2.24, 2.45) is 5.92 Å². The summed E-state index contributed by atoms with van der Waals surface area (Å²) in [5.74, 6) is -3.14. The van der Waals surface area contributed by atoms with E-state index in [4.69, 9.17) is 0 Å². The van der Waals surface area contributed by atoms with Crippen molar-refractivity contribution in [3.63, 3.8) is 0 Å². The smallest absolute Gasteiger partial charge is 0.248 e. The van der Waals surface area contributed by atoms with E-state index < -0.39 is 11.5 Å². The minimum Gasteiger partial charge on any atom is -0.388 e. The van der Waals surface area contributed by atoms with Crippen molar-refractivity contribution in [3.8, 4) is 0 Å². The number of aliphatic hydroxyl groups is 1. The number of hydrogen-bond donors (Lipinski definition) is 2. The minimum atomic E-state index is -2.61. The van der Waals surface area contributed by atoms with Crippen LogP contribution in [0.4, 0.5) is 8.78 Å². The van der Waals surface area contributed by atoms with E-state index in [1.54, 1.807) is 6.92 Å². The quantitative estimate of drug-likeness (QED) is 0.800. The molecule has 1 aliphatic rings. The van der Waals surface area contributed by atoms with Crippen LogP contribution in [0.3, 0.4) is 0 Å². The second-order valence-electron chi connectivity index (χ2n) is 5.59. The zero-order valence-electron chi connectivity index (χ0n) is 11.1. The molecular weight excluding hydrogens is 240 g/mol. The molecule has 1 amide bonds. The van der Waals surface area contributed by atoms with E-state index in [0.717, 1.165) is 6.42 Å². The van der Waals surface area contributed by atoms with Crippen molar-refractivity contribution in [1.82, 2.24) is 5.32 Å². The monoisotopic (exact) mass is 263 g/mol. The fraction of sp³-hybridized carbons (Fsp3) is 0.923. The Labute approximate surface area is 107 Å². The van der Waals surface area contributed by atoms with Crippen molar-refractivity contribution in [1.29, 1.82) is 0 Å². The van der Waals surface area contributed by atoms with Crippen molar-refractivity contribution in [2.75, 3.05) is 6.54 Å². The molecule has 3 nitrogen and oxygen atoms in total. The first-order valence-electron chi connectivity index (χ1n) is 6.64. The highest BCUT2D eigenvalue weighted by atomic mass is 19.3. The third-order valence-corrected chi connectivity index (χ3v) is 3.52. The van der Waals surface area contributed by atoms with Crippen LogP contribution >= 0.6 is 0 Å². The molecule has 0 bridgehead atoms. The van der Waals surface area contributed by atoms with Gasteiger partial charge >= 0.3 is 0 Å². The van der Waals surface area contributed by atoms with E-state index in [2.05, 4.69) is 5.32 Å². The van der Waals surface area contributed by atoms with Gasteiger partial charge in [-0.3, -0.25) is 4.79 Å². The fourth-order valence-electron chi connectivity index (χ4n) is 2.35. The first-order chi connectivity index (χ1) is 8.26. The molecule has 2 N–H and O–H groups in total. The Hall–Kier alpha value is -0.710. The van der Waals surface area contributed by atoms with E-state index in [1.807, 2.05) is 6.92 Å². The molecule has 0 saturated heterocycles. The Morgan fingerprint density at radius 3 is 2.50 bits per heavy atom. The third-order valence-electron chi connectivity index (χ3n) is 3.52. The van der Waals surface area contributed by atoms with Crippen molar-refractivity contribution in [2.45, 2.75) is 63.9 Å². The summed E-state index contributed by atoms with van der Waals surface area (Å²) in [6.07, 6.45) is 1.48. The second-order valence-corrected chi connectivity index (χ2v) is 5.59. The molecule has 0 spiro atoms. The average molecular weight is 263 g/mol. The number of carbonyl (C=O) groups is 1. The van der Waals surface area contributed by atoms with Gasteiger partial charge in [-0.2, -0.15) is 0 Å². The molecule has 0 aromatic carbocycles. The zero-order chi connectivity index (χ0) is 13.8. The highest BCUT2D eigenvalue weighted by Gasteiger charge is 2.37. The average Bonchev–Trinajstić information content (AvgIpc) is 2.26. The molecule has 1 fully saturated rings. The molecule has 5 heteroatoms. The van der Waals surface area contributed by atoms with E-state index in [0.29, 0.717) is 6.42 Å². The topological polar surface area (TPSA) is 49.3 Å². The lowest BCUT2D eigenvalue weighted by Crippen LogP contribution is -2.44. The third kappa shape index (κ3) is 4.88. The molecule has 0 heterocycles. The Balaban J connectivity index is 2.34. The Kier molecular flexibility index (Phi) is 5.08. The summed E-state index contributed by atoms with van der Waals surface area (Å²) in [5, 5.41) is 12.6. The van der Waals surface area contributed by atoms with Crippen LogP contribution in [0.2, 0.25) is 0 Å². The van der Waals surface area contributed by atoms with Crippen LogP contribution in [0.25, 0.3) is 0 Å². The number of nitrogens with one attached hydrogen (secondary N) is 1. The summed E-state index contributed by atoms with van der Waals surface area (Å²) in [5.41, 5.74) is -0.914. The lowest BCUT2D eigenvalue weighted by atomic mass is 9.86. The summed E-state index contributed by atoms with van der Waals surface area (Å²) < 4.78 is 25.9. The predicted octanol–water partition coefficient (Wildman–Crippen LogP) is 2.48. The summed E-state index contributed by atoms with van der Waals surface area (Å²) in [4.78, 5) is 11.8. The number of carbonyl (C=O) groups excluding carboxylic acids is 1. The summed E-state index contributed by atoms with van der Waals surface area (Å²) >= 11 is 0. The Morgan fingerprint density at radius 2 is 2.00 bits per heavy atom. The van der Waals surface area contributed by atoms with E-state index in [9.17, 15) is 18.7 Å². The molecule has 1 atom stereocenters. The normalized spacial score (nSPS) is 23.4. The van der Waals surface area contributed by atoms with Crippen LogP contribution in [-0.4, -0.2) is 29.1 Å². The second kappa shape index (κ2) is 5.95.